The van der Waals surface area contributed by atoms with Crippen LogP contribution in [0, 0.1) is 0 Å². The Balaban J connectivity index is 4.12. The average Bonchev–Trinajstić information content (AvgIpc) is 2.43. The Morgan fingerprint density at radius 3 is 1.24 bits per heavy atom. The molecule has 0 spiro atoms. The van der Waals surface area contributed by atoms with E-state index in [1.165, 1.54) is 95.3 Å². The first-order valence-electron chi connectivity index (χ1n) is 9.76. The van der Waals surface area contributed by atoms with Crippen molar-refractivity contribution in [3.63, 3.8) is 0 Å². The molecule has 0 atom stereocenters. The zero-order chi connectivity index (χ0) is 16.1. The molecule has 0 radical (unpaired) electrons. The number of unbranched alkanes of at least 4 members (excludes halogenated alkanes) is 7. The Bertz CT molecular complexity index is 220. The van der Waals surface area contributed by atoms with Crippen LogP contribution in [0.5, 0.6) is 0 Å². The first-order chi connectivity index (χ1) is 10.0. The van der Waals surface area contributed by atoms with Crippen LogP contribution in [-0.2, 0) is 0 Å². The van der Waals surface area contributed by atoms with Crippen LogP contribution in [-0.4, -0.2) is 24.6 Å². The van der Waals surface area contributed by atoms with E-state index in [0.29, 0.717) is 0 Å². The molecule has 0 heterocycles. The van der Waals surface area contributed by atoms with Crippen LogP contribution in [0.4, 0.5) is 0 Å². The van der Waals surface area contributed by atoms with E-state index in [-0.39, 0.29) is 0 Å². The van der Waals surface area contributed by atoms with Crippen LogP contribution < -0.4 is 0 Å². The Morgan fingerprint density at radius 2 is 0.857 bits per heavy atom. The average molecular weight is 381 g/mol. The summed E-state index contributed by atoms with van der Waals surface area (Å²) in [4.78, 5) is 0. The van der Waals surface area contributed by atoms with Crippen molar-refractivity contribution in [1.29, 1.82) is 0 Å². The molecule has 0 rings (SSSR count). The molecular weight excluding hydrogens is 339 g/mol. The third-order valence-corrected chi connectivity index (χ3v) is 15.3. The van der Waals surface area contributed by atoms with E-state index >= 15 is 0 Å². The van der Waals surface area contributed by atoms with E-state index in [1.807, 2.05) is 0 Å². The molecule has 0 bridgehead atoms. The van der Waals surface area contributed by atoms with Gasteiger partial charge in [0.05, 0.1) is 0 Å². The van der Waals surface area contributed by atoms with E-state index in [2.05, 4.69) is 43.2 Å². The summed E-state index contributed by atoms with van der Waals surface area (Å²) in [7, 11) is 0. The summed E-state index contributed by atoms with van der Waals surface area (Å²) < 4.78 is 0. The van der Waals surface area contributed by atoms with Crippen molar-refractivity contribution in [3.8, 4) is 0 Å². The predicted molar refractivity (Wildman–Crippen MR) is 109 cm³/mol. The molecule has 0 fully saturated rings. The van der Waals surface area contributed by atoms with Crippen molar-refractivity contribution < 1.29 is 0 Å². The van der Waals surface area contributed by atoms with Crippen molar-refractivity contribution >= 4 is 20.8 Å². The van der Waals surface area contributed by atoms with Gasteiger partial charge in [0.15, 0.2) is 0 Å². The van der Waals surface area contributed by atoms with Gasteiger partial charge in [-0.15, -0.1) is 0 Å². The summed E-state index contributed by atoms with van der Waals surface area (Å²) in [6, 6.07) is 0. The summed E-state index contributed by atoms with van der Waals surface area (Å²) in [6.45, 7) is 9.43. The molecule has 0 aliphatic heterocycles. The molecule has 2 heteroatoms. The van der Waals surface area contributed by atoms with Crippen LogP contribution in [0.1, 0.15) is 98.3 Å². The number of hydrogen-bond donors (Lipinski definition) is 0. The normalized spacial score (nSPS) is 14.0. The fraction of sp³-hybridized carbons (Fsp3) is 1.00. The summed E-state index contributed by atoms with van der Waals surface area (Å²) in [5, 5.41) is -1.54. The number of hydrogen-bond acceptors (Lipinski definition) is 0. The van der Waals surface area contributed by atoms with Gasteiger partial charge >= 0.3 is 144 Å². The second-order valence-electron chi connectivity index (χ2n) is 7.19. The first kappa shape index (κ1) is 21.9. The van der Waals surface area contributed by atoms with Gasteiger partial charge in [-0.25, -0.2) is 0 Å². The molecule has 0 N–H and O–H groups in total. The molecule has 0 aromatic rings. The fourth-order valence-corrected chi connectivity index (χ4v) is 13.6. The predicted octanol–water partition coefficient (Wildman–Crippen LogP) is 8.22. The molecule has 21 heavy (non-hydrogen) atoms. The van der Waals surface area contributed by atoms with E-state index in [4.69, 9.17) is 0 Å². The quantitative estimate of drug-likeness (QED) is 0.198. The summed E-state index contributed by atoms with van der Waals surface area (Å²) >= 11 is 4.41. The van der Waals surface area contributed by atoms with Crippen LogP contribution in [0.2, 0.25) is 0 Å². The second-order valence-corrected chi connectivity index (χ2v) is 18.6. The summed E-state index contributed by atoms with van der Waals surface area (Å²) in [5.41, 5.74) is 0. The first-order valence-corrected chi connectivity index (χ1v) is 14.8. The zero-order valence-corrected chi connectivity index (χ0v) is 17.9. The van der Waals surface area contributed by atoms with Crippen LogP contribution in [0.15, 0.2) is 0 Å². The standard InChI is InChI=1S/C19H42BrP/c1-5-9-10-11-12-13-14-15-19-21(20,16-6-2,17-7-3)18-8-4/h5-19H2,1-4H3. The monoisotopic (exact) mass is 380 g/mol. The Hall–Kier alpha value is 0.910. The molecule has 0 unspecified atom stereocenters. The Labute approximate surface area is 143 Å². The van der Waals surface area contributed by atoms with Crippen molar-refractivity contribution in [2.24, 2.45) is 0 Å². The molecule has 0 aromatic heterocycles. The molecule has 0 aliphatic rings. The maximum atomic E-state index is 4.41. The zero-order valence-electron chi connectivity index (χ0n) is 15.4. The molecule has 130 valence electrons. The topological polar surface area (TPSA) is 0 Å². The number of rotatable bonds is 15. The minimum absolute atomic E-state index is 1.36. The molecule has 0 saturated carbocycles. The Kier molecular flexibility index (Phi) is 12.9. The summed E-state index contributed by atoms with van der Waals surface area (Å²) in [6.07, 6.45) is 21.6. The summed E-state index contributed by atoms with van der Waals surface area (Å²) in [5.74, 6) is 0. The molecule has 0 amide bonds. The minimum atomic E-state index is -1.54. The molecule has 0 aromatic carbocycles. The maximum absolute atomic E-state index is 4.41. The van der Waals surface area contributed by atoms with Crippen LogP contribution in [0.25, 0.3) is 0 Å². The van der Waals surface area contributed by atoms with Crippen molar-refractivity contribution in [2.45, 2.75) is 98.3 Å². The number of halogens is 1. The SMILES string of the molecule is CCCCCCCCCCP(Br)(CCC)(CCC)CCC. The van der Waals surface area contributed by atoms with Gasteiger partial charge in [0.25, 0.3) is 0 Å². The second kappa shape index (κ2) is 12.3. The van der Waals surface area contributed by atoms with Gasteiger partial charge in [-0.1, -0.05) is 0 Å². The van der Waals surface area contributed by atoms with Gasteiger partial charge in [0.2, 0.25) is 0 Å². The van der Waals surface area contributed by atoms with E-state index in [1.54, 1.807) is 0 Å². The van der Waals surface area contributed by atoms with Crippen LogP contribution in [0.3, 0.4) is 0 Å². The fourth-order valence-electron chi connectivity index (χ4n) is 3.99. The van der Waals surface area contributed by atoms with Gasteiger partial charge in [0.1, 0.15) is 0 Å². The van der Waals surface area contributed by atoms with Gasteiger partial charge in [-0.3, -0.25) is 0 Å². The molecule has 0 saturated heterocycles. The van der Waals surface area contributed by atoms with Gasteiger partial charge in [0, 0.05) is 0 Å². The van der Waals surface area contributed by atoms with Crippen molar-refractivity contribution in [2.75, 3.05) is 24.6 Å². The van der Waals surface area contributed by atoms with Crippen LogP contribution >= 0.6 is 20.8 Å². The van der Waals surface area contributed by atoms with Gasteiger partial charge in [-0.05, 0) is 0 Å². The van der Waals surface area contributed by atoms with Gasteiger partial charge < -0.3 is 0 Å². The third-order valence-electron chi connectivity index (χ3n) is 4.92. The molecular formula is C19H42BrP. The molecule has 0 nitrogen and oxygen atoms in total. The van der Waals surface area contributed by atoms with Gasteiger partial charge in [-0.2, -0.15) is 0 Å². The van der Waals surface area contributed by atoms with E-state index < -0.39 is 5.31 Å². The van der Waals surface area contributed by atoms with E-state index in [0.717, 1.165) is 0 Å². The Morgan fingerprint density at radius 1 is 0.476 bits per heavy atom. The third kappa shape index (κ3) is 9.60. The van der Waals surface area contributed by atoms with Crippen molar-refractivity contribution in [1.82, 2.24) is 0 Å². The van der Waals surface area contributed by atoms with E-state index in [9.17, 15) is 0 Å². The van der Waals surface area contributed by atoms with Crippen molar-refractivity contribution in [3.05, 3.63) is 0 Å². The molecule has 0 aliphatic carbocycles.